The molecule has 5 heteroatoms. The first-order valence-corrected chi connectivity index (χ1v) is 12.2. The molecule has 0 saturated heterocycles. The summed E-state index contributed by atoms with van der Waals surface area (Å²) in [4.78, 5) is 19.3. The van der Waals surface area contributed by atoms with Crippen LogP contribution < -0.4 is 0 Å². The highest BCUT2D eigenvalue weighted by atomic mass is 32.1. The molecule has 0 amide bonds. The van der Waals surface area contributed by atoms with Gasteiger partial charge in [0.15, 0.2) is 10.8 Å². The monoisotopic (exact) mass is 416 g/mol. The van der Waals surface area contributed by atoms with Crippen LogP contribution in [0.4, 0.5) is 0 Å². The van der Waals surface area contributed by atoms with Crippen LogP contribution in [0.1, 0.15) is 103 Å². The fourth-order valence-electron chi connectivity index (χ4n) is 3.44. The number of carbonyl (C=O) groups excluding carboxylic acids is 1. The van der Waals surface area contributed by atoms with Gasteiger partial charge in [-0.05, 0) is 32.1 Å². The fourth-order valence-corrected chi connectivity index (χ4v) is 4.02. The van der Waals surface area contributed by atoms with Gasteiger partial charge in [0, 0.05) is 23.6 Å². The van der Waals surface area contributed by atoms with Crippen molar-refractivity contribution < 1.29 is 9.21 Å². The molecule has 0 spiro atoms. The molecule has 0 aliphatic rings. The number of thiazole rings is 1. The lowest BCUT2D eigenvalue weighted by molar-refractivity contribution is -0.107. The van der Waals surface area contributed by atoms with E-state index in [0.29, 0.717) is 6.42 Å². The lowest BCUT2D eigenvalue weighted by Gasteiger charge is -2.05. The molecule has 2 heterocycles. The third-order valence-corrected chi connectivity index (χ3v) is 5.93. The van der Waals surface area contributed by atoms with Crippen LogP contribution in [0.5, 0.6) is 0 Å². The molecule has 0 fully saturated rings. The molecule has 0 aromatic carbocycles. The number of carbonyl (C=O) groups is 1. The number of hydrogen-bond acceptors (Lipinski definition) is 5. The van der Waals surface area contributed by atoms with Crippen LogP contribution in [0, 0.1) is 0 Å². The van der Waals surface area contributed by atoms with Crippen LogP contribution in [0.2, 0.25) is 0 Å². The lowest BCUT2D eigenvalue weighted by atomic mass is 10.0. The fraction of sp³-hybridized carbons (Fsp3) is 0.625. The van der Waals surface area contributed by atoms with E-state index in [1.807, 2.05) is 5.38 Å². The first-order chi connectivity index (χ1) is 14.3. The van der Waals surface area contributed by atoms with Crippen LogP contribution in [-0.4, -0.2) is 16.3 Å². The predicted octanol–water partition coefficient (Wildman–Crippen LogP) is 7.86. The summed E-state index contributed by atoms with van der Waals surface area (Å²) >= 11 is 1.57. The number of rotatable bonds is 17. The zero-order valence-electron chi connectivity index (χ0n) is 17.9. The van der Waals surface area contributed by atoms with Crippen molar-refractivity contribution in [2.45, 2.75) is 96.8 Å². The standard InChI is InChI=1S/C24H36N2O2S/c1-2-3-4-5-6-9-12-15-21(16-13-10-7-8-11-14-18-27)23-26-20-22(28-23)24-25-17-19-29-24/h15,17-20H,2-14,16H2,1H3/b21-15-. The number of aldehydes is 1. The van der Waals surface area contributed by atoms with Gasteiger partial charge in [-0.1, -0.05) is 64.4 Å². The van der Waals surface area contributed by atoms with Crippen molar-refractivity contribution in [3.63, 3.8) is 0 Å². The predicted molar refractivity (Wildman–Crippen MR) is 122 cm³/mol. The second-order valence-corrected chi connectivity index (χ2v) is 8.52. The summed E-state index contributed by atoms with van der Waals surface area (Å²) in [6.45, 7) is 2.26. The number of hydrogen-bond donors (Lipinski definition) is 0. The molecule has 0 saturated carbocycles. The number of oxazole rings is 1. The minimum Gasteiger partial charge on any atom is -0.434 e. The number of allylic oxidation sites excluding steroid dienone is 2. The van der Waals surface area contributed by atoms with Crippen LogP contribution >= 0.6 is 11.3 Å². The third-order valence-electron chi connectivity index (χ3n) is 5.14. The summed E-state index contributed by atoms with van der Waals surface area (Å²) in [5.74, 6) is 1.51. The molecule has 0 unspecified atom stereocenters. The molecule has 2 rings (SSSR count). The van der Waals surface area contributed by atoms with Crippen molar-refractivity contribution in [3.05, 3.63) is 29.7 Å². The van der Waals surface area contributed by atoms with Gasteiger partial charge < -0.3 is 9.21 Å². The number of nitrogens with zero attached hydrogens (tertiary/aromatic N) is 2. The van der Waals surface area contributed by atoms with E-state index in [9.17, 15) is 4.79 Å². The van der Waals surface area contributed by atoms with E-state index in [2.05, 4.69) is 23.0 Å². The summed E-state index contributed by atoms with van der Waals surface area (Å²) in [7, 11) is 0. The average Bonchev–Trinajstić information content (AvgIpc) is 3.42. The van der Waals surface area contributed by atoms with E-state index in [-0.39, 0.29) is 0 Å². The van der Waals surface area contributed by atoms with Crippen molar-refractivity contribution in [2.24, 2.45) is 0 Å². The summed E-state index contributed by atoms with van der Waals surface area (Å²) in [5, 5.41) is 2.84. The molecule has 2 aromatic rings. The van der Waals surface area contributed by atoms with Crippen molar-refractivity contribution in [2.75, 3.05) is 0 Å². The summed E-state index contributed by atoms with van der Waals surface area (Å²) in [5.41, 5.74) is 1.23. The van der Waals surface area contributed by atoms with Crippen LogP contribution in [0.25, 0.3) is 16.3 Å². The van der Waals surface area contributed by atoms with Crippen molar-refractivity contribution in [1.29, 1.82) is 0 Å². The third kappa shape index (κ3) is 9.53. The highest BCUT2D eigenvalue weighted by Crippen LogP contribution is 2.28. The van der Waals surface area contributed by atoms with E-state index < -0.39 is 0 Å². The quantitative estimate of drug-likeness (QED) is 0.194. The summed E-state index contributed by atoms with van der Waals surface area (Å²) < 4.78 is 6.04. The van der Waals surface area contributed by atoms with Crippen LogP contribution in [0.3, 0.4) is 0 Å². The van der Waals surface area contributed by atoms with E-state index in [1.54, 1.807) is 23.7 Å². The minimum atomic E-state index is 0.694. The minimum absolute atomic E-state index is 0.694. The molecule has 0 aliphatic carbocycles. The molecule has 4 nitrogen and oxygen atoms in total. The Balaban J connectivity index is 1.85. The topological polar surface area (TPSA) is 56.0 Å². The molecule has 160 valence electrons. The molecule has 29 heavy (non-hydrogen) atoms. The highest BCUT2D eigenvalue weighted by molar-refractivity contribution is 7.13. The van der Waals surface area contributed by atoms with Gasteiger partial charge in [-0.15, -0.1) is 11.3 Å². The maximum atomic E-state index is 10.4. The van der Waals surface area contributed by atoms with Crippen molar-refractivity contribution in [1.82, 2.24) is 9.97 Å². The lowest BCUT2D eigenvalue weighted by Crippen LogP contribution is -1.88. The zero-order valence-corrected chi connectivity index (χ0v) is 18.7. The first kappa shape index (κ1) is 23.5. The Labute approximate surface area is 179 Å². The maximum absolute atomic E-state index is 10.4. The Bertz CT molecular complexity index is 692. The Morgan fingerprint density at radius 2 is 1.69 bits per heavy atom. The summed E-state index contributed by atoms with van der Waals surface area (Å²) in [6, 6.07) is 0. The molecular weight excluding hydrogens is 380 g/mol. The second kappa shape index (κ2) is 15.1. The van der Waals surface area contributed by atoms with E-state index in [4.69, 9.17) is 4.42 Å². The van der Waals surface area contributed by atoms with Gasteiger partial charge in [-0.3, -0.25) is 0 Å². The Morgan fingerprint density at radius 3 is 2.41 bits per heavy atom. The van der Waals surface area contributed by atoms with Crippen molar-refractivity contribution >= 4 is 23.2 Å². The highest BCUT2D eigenvalue weighted by Gasteiger charge is 2.12. The number of aromatic nitrogens is 2. The van der Waals surface area contributed by atoms with E-state index >= 15 is 0 Å². The van der Waals surface area contributed by atoms with E-state index in [0.717, 1.165) is 55.0 Å². The first-order valence-electron chi connectivity index (χ1n) is 11.3. The molecule has 0 aliphatic heterocycles. The Kier molecular flexibility index (Phi) is 12.3. The van der Waals surface area contributed by atoms with Gasteiger partial charge in [0.05, 0.1) is 6.20 Å². The molecule has 0 atom stereocenters. The summed E-state index contributed by atoms with van der Waals surface area (Å²) in [6.07, 6.45) is 23.3. The van der Waals surface area contributed by atoms with Gasteiger partial charge >= 0.3 is 0 Å². The SMILES string of the molecule is CCCCCCCC/C=C(/CCCCCCCC=O)c1ncc(-c2nccs2)o1. The maximum Gasteiger partial charge on any atom is 0.222 e. The smallest absolute Gasteiger partial charge is 0.222 e. The van der Waals surface area contributed by atoms with Gasteiger partial charge in [0.25, 0.3) is 0 Å². The van der Waals surface area contributed by atoms with E-state index in [1.165, 1.54) is 56.9 Å². The molecular formula is C24H36N2O2S. The van der Waals surface area contributed by atoms with Crippen LogP contribution in [0.15, 0.2) is 28.3 Å². The normalized spacial score (nSPS) is 11.8. The average molecular weight is 417 g/mol. The molecule has 0 radical (unpaired) electrons. The van der Waals surface area contributed by atoms with Gasteiger partial charge in [-0.2, -0.15) is 0 Å². The van der Waals surface area contributed by atoms with Crippen LogP contribution in [-0.2, 0) is 4.79 Å². The van der Waals surface area contributed by atoms with Gasteiger partial charge in [0.2, 0.25) is 5.89 Å². The molecule has 0 N–H and O–H groups in total. The zero-order chi connectivity index (χ0) is 20.6. The molecule has 0 bridgehead atoms. The number of unbranched alkanes of at least 4 members (excludes halogenated alkanes) is 11. The van der Waals surface area contributed by atoms with Gasteiger partial charge in [0.1, 0.15) is 6.29 Å². The molecule has 2 aromatic heterocycles. The van der Waals surface area contributed by atoms with Crippen molar-refractivity contribution in [3.8, 4) is 10.8 Å². The largest absolute Gasteiger partial charge is 0.434 e. The Hall–Kier alpha value is -1.75. The van der Waals surface area contributed by atoms with Gasteiger partial charge in [-0.25, -0.2) is 9.97 Å². The second-order valence-electron chi connectivity index (χ2n) is 7.63. The Morgan fingerprint density at radius 1 is 0.966 bits per heavy atom.